The minimum Gasteiger partial charge on any atom is -0.381 e. The average molecular weight is 348 g/mol. The first-order valence-corrected chi connectivity index (χ1v) is 8.46. The summed E-state index contributed by atoms with van der Waals surface area (Å²) < 4.78 is 39.3. The molecule has 132 valence electrons. The Morgan fingerprint density at radius 1 is 1.04 bits per heavy atom. The van der Waals surface area contributed by atoms with Crippen LogP contribution in [-0.4, -0.2) is 29.1 Å². The Bertz CT molecular complexity index is 733. The number of hydrogen-bond donors (Lipinski definition) is 2. The SMILES string of the molecule is FC(F)(F)c1ncccc1-c1ccc(NC2CC3CNCC3C2)cn1. The molecule has 2 aliphatic rings. The third-order valence-electron chi connectivity index (χ3n) is 5.14. The number of rotatable bonds is 3. The molecule has 1 aliphatic heterocycles. The molecular formula is C18H19F3N4. The van der Waals surface area contributed by atoms with Gasteiger partial charge in [0.2, 0.25) is 0 Å². The van der Waals surface area contributed by atoms with Crippen molar-refractivity contribution in [1.82, 2.24) is 15.3 Å². The van der Waals surface area contributed by atoms with E-state index in [9.17, 15) is 13.2 Å². The van der Waals surface area contributed by atoms with E-state index in [0.717, 1.165) is 49.7 Å². The molecule has 2 aromatic heterocycles. The van der Waals surface area contributed by atoms with Gasteiger partial charge in [-0.15, -0.1) is 0 Å². The lowest BCUT2D eigenvalue weighted by Crippen LogP contribution is -2.20. The fraction of sp³-hybridized carbons (Fsp3) is 0.444. The van der Waals surface area contributed by atoms with Gasteiger partial charge in [0.05, 0.1) is 17.6 Å². The number of alkyl halides is 3. The Labute approximate surface area is 143 Å². The first kappa shape index (κ1) is 16.3. The Balaban J connectivity index is 1.50. The number of halogens is 3. The number of aromatic nitrogens is 2. The highest BCUT2D eigenvalue weighted by molar-refractivity contribution is 5.64. The third-order valence-corrected chi connectivity index (χ3v) is 5.14. The zero-order chi connectivity index (χ0) is 17.4. The van der Waals surface area contributed by atoms with Crippen LogP contribution in [0.4, 0.5) is 18.9 Å². The predicted octanol–water partition coefficient (Wildman–Crippen LogP) is 3.57. The van der Waals surface area contributed by atoms with Crippen LogP contribution in [0.5, 0.6) is 0 Å². The van der Waals surface area contributed by atoms with Gasteiger partial charge in [-0.25, -0.2) is 0 Å². The van der Waals surface area contributed by atoms with Gasteiger partial charge in [0.25, 0.3) is 0 Å². The molecule has 0 spiro atoms. The lowest BCUT2D eigenvalue weighted by Gasteiger charge is -2.16. The van der Waals surface area contributed by atoms with Crippen LogP contribution in [0, 0.1) is 11.8 Å². The van der Waals surface area contributed by atoms with Crippen LogP contribution in [0.15, 0.2) is 36.7 Å². The van der Waals surface area contributed by atoms with Crippen LogP contribution >= 0.6 is 0 Å². The molecule has 1 saturated carbocycles. The van der Waals surface area contributed by atoms with Crippen molar-refractivity contribution in [3.63, 3.8) is 0 Å². The van der Waals surface area contributed by atoms with Gasteiger partial charge >= 0.3 is 6.18 Å². The molecule has 25 heavy (non-hydrogen) atoms. The molecule has 0 bridgehead atoms. The Morgan fingerprint density at radius 2 is 1.80 bits per heavy atom. The number of hydrogen-bond acceptors (Lipinski definition) is 4. The van der Waals surface area contributed by atoms with Crippen molar-refractivity contribution in [2.75, 3.05) is 18.4 Å². The average Bonchev–Trinajstić information content (AvgIpc) is 3.16. The predicted molar refractivity (Wildman–Crippen MR) is 89.0 cm³/mol. The van der Waals surface area contributed by atoms with E-state index in [1.54, 1.807) is 18.3 Å². The van der Waals surface area contributed by atoms with Gasteiger partial charge in [-0.2, -0.15) is 13.2 Å². The molecule has 2 fully saturated rings. The van der Waals surface area contributed by atoms with Crippen LogP contribution in [-0.2, 0) is 6.18 Å². The van der Waals surface area contributed by atoms with Crippen molar-refractivity contribution in [3.05, 3.63) is 42.4 Å². The molecule has 0 amide bonds. The maximum absolute atomic E-state index is 13.1. The number of fused-ring (bicyclic) bond motifs is 1. The van der Waals surface area contributed by atoms with Crippen LogP contribution in [0.1, 0.15) is 18.5 Å². The second kappa shape index (κ2) is 6.29. The third kappa shape index (κ3) is 3.33. The summed E-state index contributed by atoms with van der Waals surface area (Å²) in [6.45, 7) is 2.17. The van der Waals surface area contributed by atoms with Crippen molar-refractivity contribution in [1.29, 1.82) is 0 Å². The Kier molecular flexibility index (Phi) is 4.11. The smallest absolute Gasteiger partial charge is 0.381 e. The van der Waals surface area contributed by atoms with Gasteiger partial charge in [-0.05, 0) is 62.0 Å². The molecule has 1 saturated heterocycles. The van der Waals surface area contributed by atoms with E-state index in [2.05, 4.69) is 20.6 Å². The van der Waals surface area contributed by atoms with E-state index >= 15 is 0 Å². The standard InChI is InChI=1S/C18H19F3N4/c19-18(20,21)17-15(2-1-5-23-17)16-4-3-13(10-24-16)25-14-6-11-8-22-9-12(11)7-14/h1-5,10-12,14,22,25H,6-9H2. The van der Waals surface area contributed by atoms with Crippen LogP contribution in [0.25, 0.3) is 11.3 Å². The first-order chi connectivity index (χ1) is 12.0. The quantitative estimate of drug-likeness (QED) is 0.890. The highest BCUT2D eigenvalue weighted by atomic mass is 19.4. The second-order valence-electron chi connectivity index (χ2n) is 6.82. The molecule has 2 aromatic rings. The van der Waals surface area contributed by atoms with Crippen LogP contribution in [0.2, 0.25) is 0 Å². The van der Waals surface area contributed by atoms with Gasteiger partial charge in [0.1, 0.15) is 0 Å². The zero-order valence-electron chi connectivity index (χ0n) is 13.6. The van der Waals surface area contributed by atoms with Crippen molar-refractivity contribution >= 4 is 5.69 Å². The van der Waals surface area contributed by atoms with E-state index < -0.39 is 11.9 Å². The summed E-state index contributed by atoms with van der Waals surface area (Å²) in [5, 5.41) is 6.88. The van der Waals surface area contributed by atoms with Gasteiger partial charge in [0, 0.05) is 17.8 Å². The minimum absolute atomic E-state index is 0.00280. The molecule has 0 radical (unpaired) electrons. The number of anilines is 1. The Hall–Kier alpha value is -2.15. The van der Waals surface area contributed by atoms with E-state index in [1.165, 1.54) is 12.1 Å². The summed E-state index contributed by atoms with van der Waals surface area (Å²) >= 11 is 0. The monoisotopic (exact) mass is 348 g/mol. The maximum atomic E-state index is 13.1. The maximum Gasteiger partial charge on any atom is 0.434 e. The van der Waals surface area contributed by atoms with E-state index in [4.69, 9.17) is 0 Å². The molecule has 2 N–H and O–H groups in total. The normalized spacial score (nSPS) is 25.8. The fourth-order valence-electron chi connectivity index (χ4n) is 4.00. The summed E-state index contributed by atoms with van der Waals surface area (Å²) in [4.78, 5) is 7.70. The van der Waals surface area contributed by atoms with E-state index in [-0.39, 0.29) is 11.3 Å². The van der Waals surface area contributed by atoms with Gasteiger partial charge in [0.15, 0.2) is 5.69 Å². The molecule has 3 heterocycles. The molecule has 1 aliphatic carbocycles. The molecular weight excluding hydrogens is 329 g/mol. The second-order valence-corrected chi connectivity index (χ2v) is 6.82. The molecule has 2 unspecified atom stereocenters. The van der Waals surface area contributed by atoms with Crippen molar-refractivity contribution < 1.29 is 13.2 Å². The Morgan fingerprint density at radius 3 is 2.44 bits per heavy atom. The highest BCUT2D eigenvalue weighted by Gasteiger charge is 2.37. The molecule has 4 nitrogen and oxygen atoms in total. The molecule has 4 rings (SSSR count). The fourth-order valence-corrected chi connectivity index (χ4v) is 4.00. The van der Waals surface area contributed by atoms with Gasteiger partial charge < -0.3 is 10.6 Å². The van der Waals surface area contributed by atoms with E-state index in [0.29, 0.717) is 6.04 Å². The summed E-state index contributed by atoms with van der Waals surface area (Å²) in [7, 11) is 0. The van der Waals surface area contributed by atoms with Crippen molar-refractivity contribution in [2.24, 2.45) is 11.8 Å². The summed E-state index contributed by atoms with van der Waals surface area (Å²) in [6, 6.07) is 6.71. The number of nitrogens with one attached hydrogen (secondary N) is 2. The van der Waals surface area contributed by atoms with Gasteiger partial charge in [-0.1, -0.05) is 0 Å². The summed E-state index contributed by atoms with van der Waals surface area (Å²) in [5.74, 6) is 1.46. The molecule has 7 heteroatoms. The lowest BCUT2D eigenvalue weighted by atomic mass is 10.0. The number of pyridine rings is 2. The van der Waals surface area contributed by atoms with Gasteiger partial charge in [-0.3, -0.25) is 9.97 Å². The molecule has 2 atom stereocenters. The molecule has 0 aromatic carbocycles. The topological polar surface area (TPSA) is 49.8 Å². The largest absolute Gasteiger partial charge is 0.434 e. The zero-order valence-corrected chi connectivity index (χ0v) is 13.6. The first-order valence-electron chi connectivity index (χ1n) is 8.46. The van der Waals surface area contributed by atoms with E-state index in [1.807, 2.05) is 0 Å². The summed E-state index contributed by atoms with van der Waals surface area (Å²) in [6.07, 6.45) is 0.508. The van der Waals surface area contributed by atoms with Crippen LogP contribution < -0.4 is 10.6 Å². The number of nitrogens with zero attached hydrogens (tertiary/aromatic N) is 2. The minimum atomic E-state index is -4.50. The van der Waals surface area contributed by atoms with Crippen LogP contribution in [0.3, 0.4) is 0 Å². The van der Waals surface area contributed by atoms with Crippen molar-refractivity contribution in [2.45, 2.75) is 25.1 Å². The summed E-state index contributed by atoms with van der Waals surface area (Å²) in [5.41, 5.74) is 0.222. The van der Waals surface area contributed by atoms with Crippen molar-refractivity contribution in [3.8, 4) is 11.3 Å². The lowest BCUT2D eigenvalue weighted by molar-refractivity contribution is -0.140. The highest BCUT2D eigenvalue weighted by Crippen LogP contribution is 2.37.